The number of oxazole rings is 1. The molecule has 1 N–H and O–H groups in total. The van der Waals surface area contributed by atoms with Gasteiger partial charge in [-0.1, -0.05) is 0 Å². The lowest BCUT2D eigenvalue weighted by atomic mass is 9.91. The molecule has 4 aromatic heterocycles. The summed E-state index contributed by atoms with van der Waals surface area (Å²) < 4.78 is 47.9. The van der Waals surface area contributed by atoms with Gasteiger partial charge in [0.25, 0.3) is 11.5 Å². The van der Waals surface area contributed by atoms with Gasteiger partial charge in [0.05, 0.1) is 47.7 Å². The van der Waals surface area contributed by atoms with E-state index in [0.717, 1.165) is 17.1 Å². The van der Waals surface area contributed by atoms with Crippen LogP contribution in [0.5, 0.6) is 0 Å². The molecule has 0 unspecified atom stereocenters. The number of aromatic nitrogens is 7. The second-order valence-corrected chi connectivity index (χ2v) is 9.92. The molecule has 0 spiro atoms. The molecule has 12 nitrogen and oxygen atoms in total. The SMILES string of the molecule is Cc1ncc(C(=O)N2CCC(O)(Cn3cnc4c(cnn4-c4ccc(-n5cc(C(F)(F)F)cn5)cc4)c3=O)CC2)o1. The van der Waals surface area contributed by atoms with E-state index in [9.17, 15) is 27.9 Å². The van der Waals surface area contributed by atoms with Crippen LogP contribution in [-0.2, 0) is 12.7 Å². The quantitative estimate of drug-likeness (QED) is 0.342. The number of fused-ring (bicyclic) bond motifs is 1. The van der Waals surface area contributed by atoms with Crippen LogP contribution in [0.15, 0.2) is 64.6 Å². The number of benzene rings is 1. The molecule has 1 saturated heterocycles. The van der Waals surface area contributed by atoms with Gasteiger partial charge in [0, 0.05) is 26.2 Å². The molecule has 0 atom stereocenters. The van der Waals surface area contributed by atoms with Gasteiger partial charge in [0.15, 0.2) is 11.5 Å². The Bertz CT molecular complexity index is 1790. The number of hydrogen-bond acceptors (Lipinski definition) is 8. The Labute approximate surface area is 229 Å². The standard InChI is InChI=1S/C26H23F3N8O4/c1-16-30-12-21(41-16)24(39)34-8-6-25(40,7-9-34)14-35-15-31-22-20(23(35)38)11-33-37(22)19-4-2-18(3-5-19)36-13-17(10-32-36)26(27,28)29/h2-5,10-13,15,40H,6-9,14H2,1H3. The largest absolute Gasteiger partial charge is 0.436 e. The first kappa shape index (κ1) is 26.4. The maximum atomic E-state index is 13.2. The number of hydrogen-bond donors (Lipinski definition) is 1. The zero-order chi connectivity index (χ0) is 28.9. The monoisotopic (exact) mass is 568 g/mol. The molecule has 0 bridgehead atoms. The fraction of sp³-hybridized carbons (Fsp3) is 0.308. The summed E-state index contributed by atoms with van der Waals surface area (Å²) in [5.41, 5.74) is -1.24. The smallest absolute Gasteiger partial charge is 0.419 e. The maximum absolute atomic E-state index is 13.2. The van der Waals surface area contributed by atoms with Crippen molar-refractivity contribution in [1.29, 1.82) is 0 Å². The van der Waals surface area contributed by atoms with E-state index >= 15 is 0 Å². The van der Waals surface area contributed by atoms with Crippen molar-refractivity contribution in [3.8, 4) is 11.4 Å². The van der Waals surface area contributed by atoms with E-state index in [1.165, 1.54) is 28.0 Å². The van der Waals surface area contributed by atoms with Crippen LogP contribution in [0.1, 0.15) is 34.9 Å². The fourth-order valence-electron chi connectivity index (χ4n) is 4.82. The molecule has 1 fully saturated rings. The van der Waals surface area contributed by atoms with Crippen LogP contribution in [-0.4, -0.2) is 68.7 Å². The summed E-state index contributed by atoms with van der Waals surface area (Å²) in [6, 6.07) is 6.41. The Morgan fingerprint density at radius 2 is 1.76 bits per heavy atom. The van der Waals surface area contributed by atoms with E-state index in [2.05, 4.69) is 20.2 Å². The highest BCUT2D eigenvalue weighted by Gasteiger charge is 2.36. The molecular weight excluding hydrogens is 545 g/mol. The van der Waals surface area contributed by atoms with Crippen molar-refractivity contribution < 1.29 is 27.5 Å². The highest BCUT2D eigenvalue weighted by atomic mass is 19.4. The highest BCUT2D eigenvalue weighted by Crippen LogP contribution is 2.29. The zero-order valence-electron chi connectivity index (χ0n) is 21.6. The van der Waals surface area contributed by atoms with Crippen molar-refractivity contribution in [3.05, 3.63) is 82.9 Å². The summed E-state index contributed by atoms with van der Waals surface area (Å²) in [6.07, 6.45) is 1.76. The summed E-state index contributed by atoms with van der Waals surface area (Å²) in [7, 11) is 0. The lowest BCUT2D eigenvalue weighted by Crippen LogP contribution is -2.49. The van der Waals surface area contributed by atoms with E-state index in [0.29, 0.717) is 17.3 Å². The summed E-state index contributed by atoms with van der Waals surface area (Å²) in [4.78, 5) is 35.8. The average molecular weight is 569 g/mol. The number of rotatable bonds is 5. The Morgan fingerprint density at radius 3 is 2.39 bits per heavy atom. The molecule has 15 heteroatoms. The molecule has 0 radical (unpaired) electrons. The number of amides is 1. The Hall–Kier alpha value is -4.79. The summed E-state index contributed by atoms with van der Waals surface area (Å²) >= 11 is 0. The maximum Gasteiger partial charge on any atom is 0.419 e. The van der Waals surface area contributed by atoms with E-state index in [1.54, 1.807) is 36.1 Å². The molecule has 0 saturated carbocycles. The van der Waals surface area contributed by atoms with Gasteiger partial charge in [-0.2, -0.15) is 23.4 Å². The summed E-state index contributed by atoms with van der Waals surface area (Å²) in [5, 5.41) is 19.5. The van der Waals surface area contributed by atoms with Crippen LogP contribution in [0.2, 0.25) is 0 Å². The summed E-state index contributed by atoms with van der Waals surface area (Å²) in [5.74, 6) is 0.230. The third-order valence-corrected chi connectivity index (χ3v) is 7.10. The number of aliphatic hydroxyl groups is 1. The van der Waals surface area contributed by atoms with Gasteiger partial charge in [0.1, 0.15) is 11.7 Å². The number of alkyl halides is 3. The van der Waals surface area contributed by atoms with E-state index in [1.807, 2.05) is 0 Å². The lowest BCUT2D eigenvalue weighted by Gasteiger charge is -2.38. The van der Waals surface area contributed by atoms with Crippen LogP contribution in [0.25, 0.3) is 22.4 Å². The lowest BCUT2D eigenvalue weighted by molar-refractivity contribution is -0.137. The van der Waals surface area contributed by atoms with E-state index < -0.39 is 22.9 Å². The predicted molar refractivity (Wildman–Crippen MR) is 137 cm³/mol. The highest BCUT2D eigenvalue weighted by molar-refractivity contribution is 5.91. The molecule has 1 aromatic carbocycles. The normalized spacial score (nSPS) is 15.5. The van der Waals surface area contributed by atoms with Crippen molar-refractivity contribution in [3.63, 3.8) is 0 Å². The Morgan fingerprint density at radius 1 is 1.05 bits per heavy atom. The number of nitrogens with zero attached hydrogens (tertiary/aromatic N) is 8. The van der Waals surface area contributed by atoms with Gasteiger partial charge in [-0.15, -0.1) is 0 Å². The molecule has 6 rings (SSSR count). The van der Waals surface area contributed by atoms with Crippen LogP contribution >= 0.6 is 0 Å². The van der Waals surface area contributed by atoms with Gasteiger partial charge in [-0.05, 0) is 37.1 Å². The first-order valence-electron chi connectivity index (χ1n) is 12.6. The van der Waals surface area contributed by atoms with Gasteiger partial charge >= 0.3 is 6.18 Å². The first-order chi connectivity index (χ1) is 19.5. The zero-order valence-corrected chi connectivity index (χ0v) is 21.6. The van der Waals surface area contributed by atoms with Crippen molar-refractivity contribution in [2.75, 3.05) is 13.1 Å². The van der Waals surface area contributed by atoms with Crippen molar-refractivity contribution >= 4 is 16.9 Å². The topological polar surface area (TPSA) is 137 Å². The fourth-order valence-corrected chi connectivity index (χ4v) is 4.82. The molecule has 0 aliphatic carbocycles. The van der Waals surface area contributed by atoms with E-state index in [-0.39, 0.29) is 55.2 Å². The van der Waals surface area contributed by atoms with E-state index in [4.69, 9.17) is 4.42 Å². The van der Waals surface area contributed by atoms with Gasteiger partial charge < -0.3 is 14.4 Å². The van der Waals surface area contributed by atoms with Crippen molar-refractivity contribution in [1.82, 2.24) is 39.0 Å². The molecule has 5 aromatic rings. The Kier molecular flexibility index (Phi) is 6.25. The second kappa shape index (κ2) is 9.69. The van der Waals surface area contributed by atoms with Crippen molar-refractivity contribution in [2.24, 2.45) is 0 Å². The van der Waals surface area contributed by atoms with Crippen LogP contribution in [0.3, 0.4) is 0 Å². The third kappa shape index (κ3) is 4.99. The Balaban J connectivity index is 1.17. The molecule has 41 heavy (non-hydrogen) atoms. The van der Waals surface area contributed by atoms with Crippen LogP contribution in [0, 0.1) is 6.92 Å². The second-order valence-electron chi connectivity index (χ2n) is 9.92. The molecule has 212 valence electrons. The van der Waals surface area contributed by atoms with Crippen molar-refractivity contribution in [2.45, 2.75) is 38.1 Å². The molecule has 5 heterocycles. The first-order valence-corrected chi connectivity index (χ1v) is 12.6. The van der Waals surface area contributed by atoms with Crippen LogP contribution in [0.4, 0.5) is 13.2 Å². The van der Waals surface area contributed by atoms with Gasteiger partial charge in [0.2, 0.25) is 5.76 Å². The number of carbonyl (C=O) groups excluding carboxylic acids is 1. The van der Waals surface area contributed by atoms with Gasteiger partial charge in [-0.25, -0.2) is 19.3 Å². The molecular formula is C26H23F3N8O4. The minimum atomic E-state index is -4.49. The predicted octanol–water partition coefficient (Wildman–Crippen LogP) is 2.75. The number of piperidine rings is 1. The average Bonchev–Trinajstić information content (AvgIpc) is 3.70. The van der Waals surface area contributed by atoms with Gasteiger partial charge in [-0.3, -0.25) is 14.2 Å². The number of aryl methyl sites for hydroxylation is 1. The molecule has 1 aliphatic rings. The number of likely N-dealkylation sites (tertiary alicyclic amines) is 1. The molecule has 1 amide bonds. The third-order valence-electron chi connectivity index (χ3n) is 7.10. The molecule has 1 aliphatic heterocycles. The number of carbonyl (C=O) groups is 1. The minimum Gasteiger partial charge on any atom is -0.436 e. The van der Waals surface area contributed by atoms with Crippen LogP contribution < -0.4 is 5.56 Å². The number of halogens is 3. The summed E-state index contributed by atoms with van der Waals surface area (Å²) in [6.45, 7) is 2.20. The minimum absolute atomic E-state index is 0.0120.